The molecular formula is C10H16. The van der Waals surface area contributed by atoms with Crippen molar-refractivity contribution < 1.29 is 0 Å². The van der Waals surface area contributed by atoms with Crippen molar-refractivity contribution in [1.82, 2.24) is 0 Å². The van der Waals surface area contributed by atoms with Gasteiger partial charge in [-0.25, -0.2) is 0 Å². The number of hydrogen-bond acceptors (Lipinski definition) is 0. The van der Waals surface area contributed by atoms with Crippen LogP contribution in [0, 0.1) is 5.92 Å². The van der Waals surface area contributed by atoms with Crippen molar-refractivity contribution in [2.45, 2.75) is 33.1 Å². The normalized spacial score (nSPS) is 27.0. The first-order chi connectivity index (χ1) is 4.83. The average molecular weight is 136 g/mol. The molecule has 10 heavy (non-hydrogen) atoms. The lowest BCUT2D eigenvalue weighted by atomic mass is 9.90. The zero-order valence-electron chi connectivity index (χ0n) is 6.93. The SMILES string of the molecule is C/C=C/[C@H]1CC=C(C)CC1. The highest BCUT2D eigenvalue weighted by Crippen LogP contribution is 2.23. The van der Waals surface area contributed by atoms with Crippen molar-refractivity contribution in [2.24, 2.45) is 5.92 Å². The third kappa shape index (κ3) is 2.02. The summed E-state index contributed by atoms with van der Waals surface area (Å²) >= 11 is 0. The minimum Gasteiger partial charge on any atom is -0.0914 e. The standard InChI is InChI=1S/C10H16/c1-3-4-10-7-5-9(2)6-8-10/h3-5,10H,6-8H2,1-2H3/b4-3+/t10-/m0/s1. The van der Waals surface area contributed by atoms with E-state index in [1.54, 1.807) is 5.57 Å². The second kappa shape index (κ2) is 3.60. The van der Waals surface area contributed by atoms with Crippen LogP contribution in [0.15, 0.2) is 23.8 Å². The van der Waals surface area contributed by atoms with Crippen LogP contribution >= 0.6 is 0 Å². The van der Waals surface area contributed by atoms with Gasteiger partial charge in [-0.3, -0.25) is 0 Å². The molecule has 0 fully saturated rings. The molecule has 0 heteroatoms. The van der Waals surface area contributed by atoms with Gasteiger partial charge in [0.15, 0.2) is 0 Å². The third-order valence-corrected chi connectivity index (χ3v) is 2.14. The van der Waals surface area contributed by atoms with E-state index in [4.69, 9.17) is 0 Å². The quantitative estimate of drug-likeness (QED) is 0.485. The van der Waals surface area contributed by atoms with Gasteiger partial charge in [0.2, 0.25) is 0 Å². The Labute approximate surface area is 63.6 Å². The highest BCUT2D eigenvalue weighted by atomic mass is 14.1. The molecule has 1 aliphatic rings. The van der Waals surface area contributed by atoms with Gasteiger partial charge in [0.25, 0.3) is 0 Å². The second-order valence-corrected chi connectivity index (χ2v) is 3.11. The van der Waals surface area contributed by atoms with Crippen molar-refractivity contribution in [3.63, 3.8) is 0 Å². The smallest absolute Gasteiger partial charge is 0.0196 e. The third-order valence-electron chi connectivity index (χ3n) is 2.14. The van der Waals surface area contributed by atoms with Crippen LogP contribution in [-0.4, -0.2) is 0 Å². The van der Waals surface area contributed by atoms with Gasteiger partial charge in [0.05, 0.1) is 0 Å². The predicted molar refractivity (Wildman–Crippen MR) is 45.9 cm³/mol. The van der Waals surface area contributed by atoms with E-state index in [0.29, 0.717) is 0 Å². The summed E-state index contributed by atoms with van der Waals surface area (Å²) in [6.45, 7) is 4.33. The first kappa shape index (κ1) is 7.59. The van der Waals surface area contributed by atoms with Gasteiger partial charge < -0.3 is 0 Å². The van der Waals surface area contributed by atoms with E-state index in [1.807, 2.05) is 0 Å². The van der Waals surface area contributed by atoms with Crippen LogP contribution in [0.2, 0.25) is 0 Å². The summed E-state index contributed by atoms with van der Waals surface area (Å²) in [5.74, 6) is 0.827. The Morgan fingerprint density at radius 3 is 2.90 bits per heavy atom. The molecule has 0 aromatic rings. The molecule has 0 saturated carbocycles. The fraction of sp³-hybridized carbons (Fsp3) is 0.600. The minimum absolute atomic E-state index is 0.827. The van der Waals surface area contributed by atoms with E-state index in [0.717, 1.165) is 5.92 Å². The lowest BCUT2D eigenvalue weighted by molar-refractivity contribution is 0.567. The summed E-state index contributed by atoms with van der Waals surface area (Å²) in [6, 6.07) is 0. The fourth-order valence-electron chi connectivity index (χ4n) is 1.43. The summed E-state index contributed by atoms with van der Waals surface area (Å²) in [6.07, 6.45) is 10.8. The van der Waals surface area contributed by atoms with Gasteiger partial charge in [-0.05, 0) is 39.0 Å². The molecule has 0 amide bonds. The van der Waals surface area contributed by atoms with Crippen molar-refractivity contribution in [3.05, 3.63) is 23.8 Å². The number of allylic oxidation sites excluding steroid dienone is 4. The highest BCUT2D eigenvalue weighted by Gasteiger charge is 2.07. The first-order valence-electron chi connectivity index (χ1n) is 4.11. The van der Waals surface area contributed by atoms with Crippen molar-refractivity contribution in [3.8, 4) is 0 Å². The maximum Gasteiger partial charge on any atom is -0.0196 e. The molecular weight excluding hydrogens is 120 g/mol. The summed E-state index contributed by atoms with van der Waals surface area (Å²) < 4.78 is 0. The molecule has 1 aliphatic carbocycles. The topological polar surface area (TPSA) is 0 Å². The molecule has 1 rings (SSSR count). The van der Waals surface area contributed by atoms with Crippen molar-refractivity contribution in [1.29, 1.82) is 0 Å². The molecule has 0 spiro atoms. The van der Waals surface area contributed by atoms with Crippen molar-refractivity contribution in [2.75, 3.05) is 0 Å². The van der Waals surface area contributed by atoms with Crippen LogP contribution in [0.3, 0.4) is 0 Å². The molecule has 0 aromatic heterocycles. The highest BCUT2D eigenvalue weighted by molar-refractivity contribution is 5.06. The minimum atomic E-state index is 0.827. The van der Waals surface area contributed by atoms with Gasteiger partial charge in [-0.1, -0.05) is 23.8 Å². The van der Waals surface area contributed by atoms with E-state index in [1.165, 1.54) is 19.3 Å². The van der Waals surface area contributed by atoms with E-state index < -0.39 is 0 Å². The zero-order chi connectivity index (χ0) is 7.40. The van der Waals surface area contributed by atoms with Crippen LogP contribution in [0.4, 0.5) is 0 Å². The lowest BCUT2D eigenvalue weighted by Crippen LogP contribution is -2.00. The largest absolute Gasteiger partial charge is 0.0914 e. The molecule has 0 saturated heterocycles. The van der Waals surface area contributed by atoms with E-state index in [-0.39, 0.29) is 0 Å². The molecule has 0 bridgehead atoms. The Balaban J connectivity index is 2.42. The van der Waals surface area contributed by atoms with Crippen LogP contribution in [0.25, 0.3) is 0 Å². The fourth-order valence-corrected chi connectivity index (χ4v) is 1.43. The Kier molecular flexibility index (Phi) is 2.73. The second-order valence-electron chi connectivity index (χ2n) is 3.11. The lowest BCUT2D eigenvalue weighted by Gasteiger charge is -2.16. The van der Waals surface area contributed by atoms with Crippen LogP contribution in [0.1, 0.15) is 33.1 Å². The first-order valence-corrected chi connectivity index (χ1v) is 4.11. The molecule has 0 heterocycles. The maximum absolute atomic E-state index is 2.37. The summed E-state index contributed by atoms with van der Waals surface area (Å²) in [7, 11) is 0. The summed E-state index contributed by atoms with van der Waals surface area (Å²) in [4.78, 5) is 0. The molecule has 0 radical (unpaired) electrons. The zero-order valence-corrected chi connectivity index (χ0v) is 6.93. The Hall–Kier alpha value is -0.520. The Morgan fingerprint density at radius 2 is 2.40 bits per heavy atom. The monoisotopic (exact) mass is 136 g/mol. The summed E-state index contributed by atoms with van der Waals surface area (Å²) in [5, 5.41) is 0. The molecule has 0 N–H and O–H groups in total. The Bertz CT molecular complexity index is 151. The molecule has 0 aromatic carbocycles. The molecule has 1 atom stereocenters. The predicted octanol–water partition coefficient (Wildman–Crippen LogP) is 3.31. The van der Waals surface area contributed by atoms with Gasteiger partial charge in [-0.15, -0.1) is 0 Å². The van der Waals surface area contributed by atoms with E-state index in [9.17, 15) is 0 Å². The molecule has 0 unspecified atom stereocenters. The van der Waals surface area contributed by atoms with Crippen LogP contribution in [-0.2, 0) is 0 Å². The van der Waals surface area contributed by atoms with E-state index >= 15 is 0 Å². The molecule has 0 nitrogen and oxygen atoms in total. The van der Waals surface area contributed by atoms with Crippen LogP contribution in [0.5, 0.6) is 0 Å². The number of rotatable bonds is 1. The maximum atomic E-state index is 2.37. The summed E-state index contributed by atoms with van der Waals surface area (Å²) in [5.41, 5.74) is 1.57. The molecule has 0 aliphatic heterocycles. The van der Waals surface area contributed by atoms with Gasteiger partial charge >= 0.3 is 0 Å². The van der Waals surface area contributed by atoms with Gasteiger partial charge in [0, 0.05) is 0 Å². The number of hydrogen-bond donors (Lipinski definition) is 0. The Morgan fingerprint density at radius 1 is 1.60 bits per heavy atom. The van der Waals surface area contributed by atoms with Gasteiger partial charge in [0.1, 0.15) is 0 Å². The average Bonchev–Trinajstić information content (AvgIpc) is 1.95. The van der Waals surface area contributed by atoms with Crippen molar-refractivity contribution >= 4 is 0 Å². The van der Waals surface area contributed by atoms with Crippen LogP contribution < -0.4 is 0 Å². The van der Waals surface area contributed by atoms with E-state index in [2.05, 4.69) is 32.1 Å². The molecule has 56 valence electrons. The van der Waals surface area contributed by atoms with Gasteiger partial charge in [-0.2, -0.15) is 0 Å².